The first-order valence-electron chi connectivity index (χ1n) is 22.1. The van der Waals surface area contributed by atoms with E-state index in [-0.39, 0.29) is 5.78 Å². The molecule has 0 spiro atoms. The second-order valence-corrected chi connectivity index (χ2v) is 17.5. The first kappa shape index (κ1) is 62.0. The standard InChI is InChI=1S/C32H12BF24.C19H15N4O/c34-25(35,36)13-1-14(26(37,38)39)6-21(5-13)33(22-7-15(27(40,41)42)2-16(8-22)28(43,44)45,23-9-17(29(46,47)48)3-18(10-23)30(49,50)51)24-11-19(31(52,53)54)4-20(12-24)32(55,56)57;20-22-21-18-8-4-7-17(13-18)15-9-11-23(12-10-15)14-19(24)16-5-2-1-3-6-16/h1-12H;1-13H,14H2/q-1;+1. The molecule has 0 aliphatic rings. The van der Waals surface area contributed by atoms with Gasteiger partial charge in [-0.3, -0.25) is 4.79 Å². The Morgan fingerprint density at radius 2 is 0.679 bits per heavy atom. The third-order valence-electron chi connectivity index (χ3n) is 12.1. The number of ketones is 1. The number of Topliss-reactive ketones (excluding diaryl/α,β-unsaturated/α-hetero) is 1. The molecule has 5 nitrogen and oxygen atoms in total. The van der Waals surface area contributed by atoms with E-state index in [0.29, 0.717) is 17.8 Å². The molecule has 0 bridgehead atoms. The number of aromatic nitrogens is 1. The van der Waals surface area contributed by atoms with Crippen LogP contribution in [-0.2, 0) is 56.0 Å². The Kier molecular flexibility index (Phi) is 16.9. The van der Waals surface area contributed by atoms with Gasteiger partial charge in [0.2, 0.25) is 12.3 Å². The van der Waals surface area contributed by atoms with Crippen LogP contribution in [0.5, 0.6) is 0 Å². The molecule has 30 heteroatoms. The number of halogens is 24. The summed E-state index contributed by atoms with van der Waals surface area (Å²) in [5, 5.41) is 3.61. The van der Waals surface area contributed by atoms with Crippen LogP contribution in [-0.4, -0.2) is 11.9 Å². The molecule has 0 radical (unpaired) electrons. The lowest BCUT2D eigenvalue weighted by Gasteiger charge is -2.46. The number of alkyl halides is 24. The minimum absolute atomic E-state index is 0.0682. The molecular weight excluding hydrogens is 1150 g/mol. The molecule has 0 atom stereocenters. The molecule has 0 saturated heterocycles. The SMILES string of the molecule is FC(F)(F)c1cc([B-](c2cc(C(F)(F)F)cc(C(F)(F)F)c2)(c2cc(C(F)(F)F)cc(C(F)(F)F)c2)c2cc(C(F)(F)F)cc(C(F)(F)F)c2)cc(C(F)(F)F)c1.[N-]=[N+]=Nc1cccc(-c2cc[n+](CC(=O)c3ccccc3)cc2)c1. The van der Waals surface area contributed by atoms with Crippen molar-refractivity contribution in [2.45, 2.75) is 56.0 Å². The number of rotatable bonds is 9. The molecule has 7 aromatic rings. The molecule has 0 N–H and O–H groups in total. The van der Waals surface area contributed by atoms with Crippen LogP contribution in [0.1, 0.15) is 54.9 Å². The Morgan fingerprint density at radius 3 is 0.951 bits per heavy atom. The average molecular weight is 1180 g/mol. The Hall–Kier alpha value is -8.17. The molecule has 0 saturated carbocycles. The van der Waals surface area contributed by atoms with Gasteiger partial charge < -0.3 is 0 Å². The van der Waals surface area contributed by atoms with Gasteiger partial charge in [0.1, 0.15) is 6.15 Å². The predicted octanol–water partition coefficient (Wildman–Crippen LogP) is 15.7. The highest BCUT2D eigenvalue weighted by atomic mass is 19.4. The van der Waals surface area contributed by atoms with E-state index in [9.17, 15) is 110 Å². The van der Waals surface area contributed by atoms with Gasteiger partial charge in [0.25, 0.3) is 0 Å². The number of hydrogen-bond acceptors (Lipinski definition) is 2. The van der Waals surface area contributed by atoms with E-state index < -0.39 is 195 Å². The highest BCUT2D eigenvalue weighted by Crippen LogP contribution is 2.41. The fourth-order valence-corrected chi connectivity index (χ4v) is 8.51. The molecule has 0 aliphatic carbocycles. The third-order valence-corrected chi connectivity index (χ3v) is 12.1. The molecule has 0 aliphatic heterocycles. The summed E-state index contributed by atoms with van der Waals surface area (Å²) in [7, 11) is 0. The maximum Gasteiger partial charge on any atom is 0.416 e. The van der Waals surface area contributed by atoms with Crippen LogP contribution < -0.4 is 26.4 Å². The van der Waals surface area contributed by atoms with Crippen molar-refractivity contribution in [1.29, 1.82) is 0 Å². The smallest absolute Gasteiger partial charge is 0.287 e. The first-order valence-corrected chi connectivity index (χ1v) is 22.1. The zero-order valence-corrected chi connectivity index (χ0v) is 39.5. The molecule has 1 aromatic heterocycles. The van der Waals surface area contributed by atoms with Crippen molar-refractivity contribution in [2.75, 3.05) is 0 Å². The van der Waals surface area contributed by atoms with E-state index in [4.69, 9.17) is 5.53 Å². The van der Waals surface area contributed by atoms with Gasteiger partial charge in [0.15, 0.2) is 12.4 Å². The highest BCUT2D eigenvalue weighted by Gasteiger charge is 2.47. The third kappa shape index (κ3) is 14.6. The minimum Gasteiger partial charge on any atom is -0.287 e. The summed E-state index contributed by atoms with van der Waals surface area (Å²) in [6.07, 6.45) is -51.1. The normalized spacial score (nSPS) is 13.0. The molecular formula is C51H27BF24N4O. The van der Waals surface area contributed by atoms with Crippen LogP contribution in [0, 0.1) is 0 Å². The maximum atomic E-state index is 14.2. The van der Waals surface area contributed by atoms with Crippen LogP contribution >= 0.6 is 0 Å². The summed E-state index contributed by atoms with van der Waals surface area (Å²) in [4.78, 5) is 15.0. The summed E-state index contributed by atoms with van der Waals surface area (Å²) < 4.78 is 343. The second-order valence-electron chi connectivity index (χ2n) is 17.5. The Balaban J connectivity index is 0.000000363. The van der Waals surface area contributed by atoms with Gasteiger partial charge in [-0.2, -0.15) is 132 Å². The van der Waals surface area contributed by atoms with E-state index in [1.165, 1.54) is 0 Å². The van der Waals surface area contributed by atoms with Crippen molar-refractivity contribution in [3.63, 3.8) is 0 Å². The lowest BCUT2D eigenvalue weighted by molar-refractivity contribution is -0.683. The van der Waals surface area contributed by atoms with Gasteiger partial charge in [-0.15, -0.1) is 0 Å². The van der Waals surface area contributed by atoms with E-state index in [2.05, 4.69) is 10.0 Å². The van der Waals surface area contributed by atoms with E-state index in [1.807, 2.05) is 77.6 Å². The average Bonchev–Trinajstić information content (AvgIpc) is 3.56. The van der Waals surface area contributed by atoms with Crippen molar-refractivity contribution >= 4 is 39.5 Å². The minimum atomic E-state index is -6.13. The largest absolute Gasteiger partial charge is 0.416 e. The van der Waals surface area contributed by atoms with Crippen LogP contribution in [0.3, 0.4) is 0 Å². The number of nitrogens with zero attached hydrogens (tertiary/aromatic N) is 4. The molecule has 0 fully saturated rings. The second kappa shape index (κ2) is 22.1. The molecule has 428 valence electrons. The Labute approximate surface area is 438 Å². The van der Waals surface area contributed by atoms with E-state index in [1.54, 1.807) is 6.07 Å². The lowest BCUT2D eigenvalue weighted by Crippen LogP contribution is -2.75. The Bertz CT molecular complexity index is 3040. The number of carbonyl (C=O) groups is 1. The van der Waals surface area contributed by atoms with Gasteiger partial charge in [-0.05, 0) is 47.0 Å². The quantitative estimate of drug-likeness (QED) is 0.0270. The van der Waals surface area contributed by atoms with E-state index in [0.717, 1.165) is 11.1 Å². The number of hydrogen-bond donors (Lipinski definition) is 0. The molecule has 6 aromatic carbocycles. The Morgan fingerprint density at radius 1 is 0.383 bits per heavy atom. The zero-order valence-electron chi connectivity index (χ0n) is 39.5. The lowest BCUT2D eigenvalue weighted by atomic mass is 9.12. The van der Waals surface area contributed by atoms with Gasteiger partial charge >= 0.3 is 49.4 Å². The monoisotopic (exact) mass is 1180 g/mol. The van der Waals surface area contributed by atoms with Crippen LogP contribution in [0.15, 0.2) is 157 Å². The van der Waals surface area contributed by atoms with Gasteiger partial charge in [0, 0.05) is 28.3 Å². The summed E-state index contributed by atoms with van der Waals surface area (Å²) in [5.74, 6) is 0.0682. The summed E-state index contributed by atoms with van der Waals surface area (Å²) in [5.41, 5.74) is -18.5. The van der Waals surface area contributed by atoms with Gasteiger partial charge in [0.05, 0.1) is 44.5 Å². The van der Waals surface area contributed by atoms with Crippen molar-refractivity contribution in [3.8, 4) is 11.1 Å². The fraction of sp³-hybridized carbons (Fsp3) is 0.176. The number of pyridine rings is 1. The molecule has 0 unspecified atom stereocenters. The summed E-state index contributed by atoms with van der Waals surface area (Å²) in [6.45, 7) is 0.295. The number of azide groups is 1. The van der Waals surface area contributed by atoms with Gasteiger partial charge in [-0.25, -0.2) is 0 Å². The van der Waals surface area contributed by atoms with Crippen molar-refractivity contribution in [3.05, 3.63) is 212 Å². The molecule has 7 rings (SSSR count). The van der Waals surface area contributed by atoms with Crippen LogP contribution in [0.2, 0.25) is 0 Å². The van der Waals surface area contributed by atoms with Crippen molar-refractivity contribution < 1.29 is 115 Å². The molecule has 1 heterocycles. The number of benzene rings is 6. The summed E-state index contributed by atoms with van der Waals surface area (Å²) >= 11 is 0. The molecule has 0 amide bonds. The van der Waals surface area contributed by atoms with Crippen molar-refractivity contribution in [2.24, 2.45) is 5.11 Å². The zero-order chi connectivity index (χ0) is 60.7. The van der Waals surface area contributed by atoms with E-state index >= 15 is 0 Å². The van der Waals surface area contributed by atoms with Crippen LogP contribution in [0.4, 0.5) is 111 Å². The summed E-state index contributed by atoms with van der Waals surface area (Å²) in [6, 6.07) is 11.7. The predicted molar refractivity (Wildman–Crippen MR) is 242 cm³/mol. The maximum absolute atomic E-state index is 14.2. The van der Waals surface area contributed by atoms with Gasteiger partial charge in [-0.1, -0.05) is 102 Å². The van der Waals surface area contributed by atoms with Crippen LogP contribution in [0.25, 0.3) is 21.6 Å². The highest BCUT2D eigenvalue weighted by molar-refractivity contribution is 7.20. The molecule has 81 heavy (non-hydrogen) atoms. The number of carbonyl (C=O) groups excluding carboxylic acids is 1. The fourth-order valence-electron chi connectivity index (χ4n) is 8.51. The van der Waals surface area contributed by atoms with Crippen molar-refractivity contribution in [1.82, 2.24) is 0 Å². The topological polar surface area (TPSA) is 69.7 Å². The first-order chi connectivity index (χ1) is 37.0.